The summed E-state index contributed by atoms with van der Waals surface area (Å²) in [5, 5.41) is 1.85. The van der Waals surface area contributed by atoms with Crippen LogP contribution < -0.4 is 9.47 Å². The molecule has 0 radical (unpaired) electrons. The van der Waals surface area contributed by atoms with Crippen molar-refractivity contribution in [1.29, 1.82) is 0 Å². The van der Waals surface area contributed by atoms with Crippen LogP contribution in [0.3, 0.4) is 0 Å². The van der Waals surface area contributed by atoms with Gasteiger partial charge >= 0.3 is 11.9 Å². The second-order valence-electron chi connectivity index (χ2n) is 6.17. The van der Waals surface area contributed by atoms with E-state index in [-0.39, 0.29) is 26.4 Å². The molecule has 0 atom stereocenters. The number of hydrogen-bond donors (Lipinski definition) is 0. The summed E-state index contributed by atoms with van der Waals surface area (Å²) in [6.45, 7) is 11.0. The number of fused-ring (bicyclic) bond motifs is 1. The molecule has 0 heterocycles. The zero-order chi connectivity index (χ0) is 20.5. The van der Waals surface area contributed by atoms with E-state index in [1.165, 1.54) is 0 Å². The van der Waals surface area contributed by atoms with Crippen LogP contribution in [0.4, 0.5) is 0 Å². The zero-order valence-electron chi connectivity index (χ0n) is 16.2. The van der Waals surface area contributed by atoms with Gasteiger partial charge in [-0.1, -0.05) is 25.3 Å². The fourth-order valence-electron chi connectivity index (χ4n) is 2.27. The molecule has 0 unspecified atom stereocenters. The molecule has 0 saturated heterocycles. The number of benzene rings is 2. The standard InChI is InChI=1S/C22H24O6/c1-15(2)21(23)27-12-10-25-18-8-9-19-17(14-18)6-5-7-20(19)26-11-13-28-22(24)16(3)4/h5-9,14H,1,3,10-13H2,2,4H3. The van der Waals surface area contributed by atoms with Crippen molar-refractivity contribution in [2.75, 3.05) is 26.4 Å². The third-order valence-electron chi connectivity index (χ3n) is 3.67. The van der Waals surface area contributed by atoms with Gasteiger partial charge < -0.3 is 18.9 Å². The summed E-state index contributed by atoms with van der Waals surface area (Å²) in [6.07, 6.45) is 0. The van der Waals surface area contributed by atoms with Crippen LogP contribution in [-0.2, 0) is 19.1 Å². The molecule has 0 N–H and O–H groups in total. The minimum absolute atomic E-state index is 0.145. The molecular weight excluding hydrogens is 360 g/mol. The van der Waals surface area contributed by atoms with Crippen LogP contribution in [0.5, 0.6) is 11.5 Å². The van der Waals surface area contributed by atoms with Crippen molar-refractivity contribution in [1.82, 2.24) is 0 Å². The SMILES string of the molecule is C=C(C)C(=O)OCCOc1ccc2c(OCCOC(=O)C(=C)C)cccc2c1. The Labute approximate surface area is 164 Å². The third kappa shape index (κ3) is 6.16. The maximum Gasteiger partial charge on any atom is 0.333 e. The minimum Gasteiger partial charge on any atom is -0.490 e. The van der Waals surface area contributed by atoms with Crippen molar-refractivity contribution in [3.05, 3.63) is 60.7 Å². The maximum absolute atomic E-state index is 11.4. The topological polar surface area (TPSA) is 71.1 Å². The van der Waals surface area contributed by atoms with Crippen molar-refractivity contribution in [2.45, 2.75) is 13.8 Å². The summed E-state index contributed by atoms with van der Waals surface area (Å²) >= 11 is 0. The lowest BCUT2D eigenvalue weighted by molar-refractivity contribution is -0.140. The Kier molecular flexibility index (Phi) is 7.63. The van der Waals surface area contributed by atoms with Gasteiger partial charge in [0.2, 0.25) is 0 Å². The van der Waals surface area contributed by atoms with Gasteiger partial charge in [0.25, 0.3) is 0 Å². The first-order valence-corrected chi connectivity index (χ1v) is 8.82. The molecule has 6 heteroatoms. The Balaban J connectivity index is 1.90. The Morgan fingerprint density at radius 2 is 1.43 bits per heavy atom. The third-order valence-corrected chi connectivity index (χ3v) is 3.67. The number of esters is 2. The average molecular weight is 384 g/mol. The quantitative estimate of drug-likeness (QED) is 0.352. The summed E-state index contributed by atoms with van der Waals surface area (Å²) in [5.41, 5.74) is 0.708. The van der Waals surface area contributed by atoms with Crippen molar-refractivity contribution in [3.63, 3.8) is 0 Å². The van der Waals surface area contributed by atoms with Gasteiger partial charge in [0.05, 0.1) is 0 Å². The average Bonchev–Trinajstić information content (AvgIpc) is 2.67. The molecule has 2 aromatic carbocycles. The van der Waals surface area contributed by atoms with Crippen LogP contribution in [0.1, 0.15) is 13.8 Å². The predicted octanol–water partition coefficient (Wildman–Crippen LogP) is 3.84. The first kappa shape index (κ1) is 21.0. The second kappa shape index (κ2) is 10.2. The molecule has 0 spiro atoms. The number of carbonyl (C=O) groups excluding carboxylic acids is 2. The monoisotopic (exact) mass is 384 g/mol. The van der Waals surface area contributed by atoms with Crippen LogP contribution in [0, 0.1) is 0 Å². The molecule has 0 aliphatic rings. The van der Waals surface area contributed by atoms with Crippen molar-refractivity contribution >= 4 is 22.7 Å². The molecular formula is C22H24O6. The lowest BCUT2D eigenvalue weighted by atomic mass is 10.1. The van der Waals surface area contributed by atoms with Gasteiger partial charge in [0, 0.05) is 16.5 Å². The van der Waals surface area contributed by atoms with Crippen LogP contribution in [0.15, 0.2) is 60.7 Å². The molecule has 148 valence electrons. The molecule has 0 aromatic heterocycles. The highest BCUT2D eigenvalue weighted by Gasteiger charge is 2.07. The molecule has 0 saturated carbocycles. The molecule has 28 heavy (non-hydrogen) atoms. The lowest BCUT2D eigenvalue weighted by Gasteiger charge is -2.12. The molecule has 6 nitrogen and oxygen atoms in total. The van der Waals surface area contributed by atoms with Crippen LogP contribution in [0.2, 0.25) is 0 Å². The number of hydrogen-bond acceptors (Lipinski definition) is 6. The van der Waals surface area contributed by atoms with Gasteiger partial charge in [-0.15, -0.1) is 0 Å². The Morgan fingerprint density at radius 3 is 2.04 bits per heavy atom. The van der Waals surface area contributed by atoms with E-state index in [0.29, 0.717) is 22.6 Å². The molecule has 2 rings (SSSR count). The van der Waals surface area contributed by atoms with Crippen LogP contribution >= 0.6 is 0 Å². The highest BCUT2D eigenvalue weighted by Crippen LogP contribution is 2.28. The molecule has 0 fully saturated rings. The van der Waals surface area contributed by atoms with E-state index >= 15 is 0 Å². The first-order chi connectivity index (χ1) is 13.4. The summed E-state index contributed by atoms with van der Waals surface area (Å²) in [4.78, 5) is 22.7. The van der Waals surface area contributed by atoms with Crippen LogP contribution in [0.25, 0.3) is 10.8 Å². The van der Waals surface area contributed by atoms with Gasteiger partial charge in [-0.2, -0.15) is 0 Å². The molecule has 0 amide bonds. The Bertz CT molecular complexity index is 884. The summed E-state index contributed by atoms with van der Waals surface area (Å²) in [5.74, 6) is 0.479. The van der Waals surface area contributed by atoms with Gasteiger partial charge in [0.1, 0.15) is 37.9 Å². The van der Waals surface area contributed by atoms with E-state index < -0.39 is 11.9 Å². The van der Waals surface area contributed by atoms with E-state index in [9.17, 15) is 9.59 Å². The van der Waals surface area contributed by atoms with E-state index in [1.54, 1.807) is 13.8 Å². The predicted molar refractivity (Wildman–Crippen MR) is 106 cm³/mol. The van der Waals surface area contributed by atoms with Gasteiger partial charge in [-0.25, -0.2) is 9.59 Å². The smallest absolute Gasteiger partial charge is 0.333 e. The fourth-order valence-corrected chi connectivity index (χ4v) is 2.27. The second-order valence-corrected chi connectivity index (χ2v) is 6.17. The summed E-state index contributed by atoms with van der Waals surface area (Å²) in [6, 6.07) is 11.2. The zero-order valence-corrected chi connectivity index (χ0v) is 16.2. The van der Waals surface area contributed by atoms with E-state index in [2.05, 4.69) is 13.2 Å². The van der Waals surface area contributed by atoms with Crippen LogP contribution in [-0.4, -0.2) is 38.4 Å². The summed E-state index contributed by atoms with van der Waals surface area (Å²) < 4.78 is 21.4. The first-order valence-electron chi connectivity index (χ1n) is 8.82. The van der Waals surface area contributed by atoms with Gasteiger partial charge in [-0.3, -0.25) is 0 Å². The van der Waals surface area contributed by atoms with Crippen molar-refractivity contribution in [3.8, 4) is 11.5 Å². The van der Waals surface area contributed by atoms with E-state index in [1.807, 2.05) is 36.4 Å². The number of rotatable bonds is 10. The fraction of sp³-hybridized carbons (Fsp3) is 0.273. The molecule has 0 bridgehead atoms. The maximum atomic E-state index is 11.4. The van der Waals surface area contributed by atoms with Gasteiger partial charge in [-0.05, 0) is 43.5 Å². The molecule has 2 aromatic rings. The lowest BCUT2D eigenvalue weighted by Crippen LogP contribution is -2.12. The highest BCUT2D eigenvalue weighted by molar-refractivity contribution is 5.89. The number of ether oxygens (including phenoxy) is 4. The summed E-state index contributed by atoms with van der Waals surface area (Å²) in [7, 11) is 0. The number of carbonyl (C=O) groups is 2. The van der Waals surface area contributed by atoms with Crippen molar-refractivity contribution < 1.29 is 28.5 Å². The van der Waals surface area contributed by atoms with Gasteiger partial charge in [0.15, 0.2) is 0 Å². The van der Waals surface area contributed by atoms with E-state index in [0.717, 1.165) is 10.8 Å². The highest BCUT2D eigenvalue weighted by atomic mass is 16.6. The Hall–Kier alpha value is -3.28. The molecule has 0 aliphatic carbocycles. The normalized spacial score (nSPS) is 10.2. The Morgan fingerprint density at radius 1 is 0.821 bits per heavy atom. The minimum atomic E-state index is -0.433. The molecule has 0 aliphatic heterocycles. The van der Waals surface area contributed by atoms with E-state index in [4.69, 9.17) is 18.9 Å². The largest absolute Gasteiger partial charge is 0.490 e. The van der Waals surface area contributed by atoms with Crippen molar-refractivity contribution in [2.24, 2.45) is 0 Å².